The summed E-state index contributed by atoms with van der Waals surface area (Å²) in [6.07, 6.45) is -3.89. The van der Waals surface area contributed by atoms with E-state index in [1.807, 2.05) is 13.8 Å². The van der Waals surface area contributed by atoms with Crippen molar-refractivity contribution in [1.82, 2.24) is 20.6 Å². The molecule has 9 nitrogen and oxygen atoms in total. The maximum absolute atomic E-state index is 14.8. The van der Waals surface area contributed by atoms with E-state index in [4.69, 9.17) is 9.47 Å². The van der Waals surface area contributed by atoms with Crippen LogP contribution in [0.4, 0.5) is 34.9 Å². The standard InChI is InChI=1S/C28H32F4N6O3/c1-27(2)15-33-10-3-11-40-21-9-6-19(22(29)12-21)14-34-23-13-24(38-26(37-23)41-17-28(30,31)32)36-20-7-4-18(5-8-20)25(39)35-16-27/h4-9,12-13,33H,3,10-11,14-17H2,1-2H3,(H,35,39)(H2,34,36,37,38). The number of nitrogens with one attached hydrogen (secondary N) is 4. The molecule has 0 radical (unpaired) electrons. The molecule has 0 spiro atoms. The molecule has 1 amide bonds. The lowest BCUT2D eigenvalue weighted by Crippen LogP contribution is -2.40. The molecule has 1 aromatic heterocycles. The van der Waals surface area contributed by atoms with E-state index in [-0.39, 0.29) is 29.5 Å². The Kier molecular flexibility index (Phi) is 9.48. The molecule has 6 bridgehead atoms. The van der Waals surface area contributed by atoms with Crippen molar-refractivity contribution >= 4 is 23.2 Å². The lowest BCUT2D eigenvalue weighted by atomic mass is 9.93. The summed E-state index contributed by atoms with van der Waals surface area (Å²) < 4.78 is 63.5. The van der Waals surface area contributed by atoms with E-state index in [9.17, 15) is 22.4 Å². The van der Waals surface area contributed by atoms with Gasteiger partial charge in [-0.15, -0.1) is 0 Å². The number of aromatic nitrogens is 2. The van der Waals surface area contributed by atoms with Crippen LogP contribution in [-0.2, 0) is 6.54 Å². The molecule has 41 heavy (non-hydrogen) atoms. The number of ether oxygens (including phenoxy) is 2. The van der Waals surface area contributed by atoms with Gasteiger partial charge in [0, 0.05) is 48.6 Å². The number of benzene rings is 2. The van der Waals surface area contributed by atoms with E-state index in [0.29, 0.717) is 55.2 Å². The topological polar surface area (TPSA) is 109 Å². The zero-order chi connectivity index (χ0) is 29.5. The Hall–Kier alpha value is -4.13. The third-order valence-electron chi connectivity index (χ3n) is 6.07. The number of amides is 1. The van der Waals surface area contributed by atoms with Crippen LogP contribution < -0.4 is 30.7 Å². The first-order valence-corrected chi connectivity index (χ1v) is 13.1. The monoisotopic (exact) mass is 576 g/mol. The van der Waals surface area contributed by atoms with Crippen LogP contribution in [0.3, 0.4) is 0 Å². The van der Waals surface area contributed by atoms with Crippen LogP contribution in [0.15, 0.2) is 48.5 Å². The molecule has 2 aromatic carbocycles. The van der Waals surface area contributed by atoms with Gasteiger partial charge in [-0.1, -0.05) is 19.9 Å². The average molecular weight is 577 g/mol. The molecule has 4 aliphatic heterocycles. The average Bonchev–Trinajstić information content (AvgIpc) is 2.91. The molecule has 5 heterocycles. The molecule has 13 heteroatoms. The number of anilines is 3. The summed E-state index contributed by atoms with van der Waals surface area (Å²) in [5, 5.41) is 12.2. The molecule has 0 atom stereocenters. The van der Waals surface area contributed by atoms with Gasteiger partial charge in [0.05, 0.1) is 6.61 Å². The Morgan fingerprint density at radius 1 is 1.00 bits per heavy atom. The van der Waals surface area contributed by atoms with Gasteiger partial charge >= 0.3 is 12.2 Å². The van der Waals surface area contributed by atoms with Crippen LogP contribution in [0, 0.1) is 11.2 Å². The zero-order valence-corrected chi connectivity index (χ0v) is 22.7. The van der Waals surface area contributed by atoms with Gasteiger partial charge in [-0.2, -0.15) is 23.1 Å². The van der Waals surface area contributed by atoms with Gasteiger partial charge in [0.15, 0.2) is 6.61 Å². The maximum atomic E-state index is 14.8. The highest BCUT2D eigenvalue weighted by Gasteiger charge is 2.29. The number of carbonyl (C=O) groups is 1. The van der Waals surface area contributed by atoms with Crippen molar-refractivity contribution in [3.05, 3.63) is 65.5 Å². The van der Waals surface area contributed by atoms with E-state index in [1.54, 1.807) is 36.4 Å². The number of nitrogens with zero attached hydrogens (tertiary/aromatic N) is 2. The molecule has 4 aliphatic rings. The molecule has 0 saturated carbocycles. The lowest BCUT2D eigenvalue weighted by Gasteiger charge is -2.25. The molecule has 0 unspecified atom stereocenters. The summed E-state index contributed by atoms with van der Waals surface area (Å²) in [6, 6.07) is 11.9. The second-order valence-corrected chi connectivity index (χ2v) is 10.4. The summed E-state index contributed by atoms with van der Waals surface area (Å²) >= 11 is 0. The van der Waals surface area contributed by atoms with E-state index in [0.717, 1.165) is 0 Å². The fourth-order valence-electron chi connectivity index (χ4n) is 3.89. The Morgan fingerprint density at radius 2 is 1.76 bits per heavy atom. The van der Waals surface area contributed by atoms with Gasteiger partial charge in [-0.25, -0.2) is 4.39 Å². The third kappa shape index (κ3) is 9.48. The van der Waals surface area contributed by atoms with Gasteiger partial charge < -0.3 is 30.7 Å². The summed E-state index contributed by atoms with van der Waals surface area (Å²) in [4.78, 5) is 20.7. The minimum absolute atomic E-state index is 0.00914. The van der Waals surface area contributed by atoms with Crippen molar-refractivity contribution in [2.24, 2.45) is 5.41 Å². The lowest BCUT2D eigenvalue weighted by molar-refractivity contribution is -0.154. The number of hydrogen-bond acceptors (Lipinski definition) is 8. The van der Waals surface area contributed by atoms with Crippen molar-refractivity contribution in [1.29, 1.82) is 0 Å². The largest absolute Gasteiger partial charge is 0.493 e. The second-order valence-electron chi connectivity index (χ2n) is 10.4. The first-order valence-electron chi connectivity index (χ1n) is 13.1. The highest BCUT2D eigenvalue weighted by atomic mass is 19.4. The van der Waals surface area contributed by atoms with Crippen molar-refractivity contribution < 1.29 is 31.8 Å². The Morgan fingerprint density at radius 3 is 2.49 bits per heavy atom. The summed E-state index contributed by atoms with van der Waals surface area (Å²) in [7, 11) is 0. The molecule has 4 N–H and O–H groups in total. The first kappa shape index (κ1) is 29.8. The number of hydrogen-bond donors (Lipinski definition) is 4. The zero-order valence-electron chi connectivity index (χ0n) is 22.7. The number of halogens is 4. The van der Waals surface area contributed by atoms with Gasteiger partial charge in [0.1, 0.15) is 23.2 Å². The van der Waals surface area contributed by atoms with Crippen molar-refractivity contribution in [2.75, 3.05) is 43.5 Å². The Labute approximate surface area is 235 Å². The molecule has 220 valence electrons. The predicted octanol–water partition coefficient (Wildman–Crippen LogP) is 5.04. The molecular formula is C28H32F4N6O3. The van der Waals surface area contributed by atoms with Gasteiger partial charge in [-0.05, 0) is 48.7 Å². The van der Waals surface area contributed by atoms with E-state index < -0.39 is 24.6 Å². The quantitative estimate of drug-likeness (QED) is 0.314. The van der Waals surface area contributed by atoms with Crippen LogP contribution >= 0.6 is 0 Å². The number of carbonyl (C=O) groups excluding carboxylic acids is 1. The SMILES string of the molecule is CC1(C)CNCCCOc2ccc(c(F)c2)CNc2cc(nc(OCC(F)(F)F)n2)Nc2ccc(cc2)C(=O)NC1. The van der Waals surface area contributed by atoms with E-state index in [1.165, 1.54) is 12.1 Å². The van der Waals surface area contributed by atoms with Crippen LogP contribution in [0.25, 0.3) is 0 Å². The molecule has 0 aliphatic carbocycles. The van der Waals surface area contributed by atoms with Crippen LogP contribution in [0.1, 0.15) is 36.2 Å². The fourth-order valence-corrected chi connectivity index (χ4v) is 3.89. The molecule has 7 rings (SSSR count). The highest BCUT2D eigenvalue weighted by molar-refractivity contribution is 5.94. The second kappa shape index (κ2) is 13.0. The van der Waals surface area contributed by atoms with Crippen molar-refractivity contribution in [3.8, 4) is 11.8 Å². The van der Waals surface area contributed by atoms with Crippen LogP contribution in [0.2, 0.25) is 0 Å². The minimum atomic E-state index is -4.59. The van der Waals surface area contributed by atoms with Gasteiger partial charge in [-0.3, -0.25) is 4.79 Å². The maximum Gasteiger partial charge on any atom is 0.422 e. The van der Waals surface area contributed by atoms with E-state index in [2.05, 4.69) is 31.2 Å². The van der Waals surface area contributed by atoms with Crippen LogP contribution in [-0.4, -0.2) is 54.9 Å². The van der Waals surface area contributed by atoms with Crippen molar-refractivity contribution in [3.63, 3.8) is 0 Å². The Bertz CT molecular complexity index is 1340. The number of alkyl halides is 3. The smallest absolute Gasteiger partial charge is 0.422 e. The fraction of sp³-hybridized carbons (Fsp3) is 0.393. The minimum Gasteiger partial charge on any atom is -0.493 e. The molecule has 3 aromatic rings. The summed E-state index contributed by atoms with van der Waals surface area (Å²) in [6.45, 7) is 4.67. The number of rotatable bonds is 2. The first-order chi connectivity index (χ1) is 19.5. The van der Waals surface area contributed by atoms with Crippen molar-refractivity contribution in [2.45, 2.75) is 33.0 Å². The van der Waals surface area contributed by atoms with Crippen LogP contribution in [0.5, 0.6) is 11.8 Å². The summed E-state index contributed by atoms with van der Waals surface area (Å²) in [5.74, 6) is -0.121. The Balaban J connectivity index is 1.59. The predicted molar refractivity (Wildman–Crippen MR) is 146 cm³/mol. The normalized spacial score (nSPS) is 16.5. The van der Waals surface area contributed by atoms with Gasteiger partial charge in [0.25, 0.3) is 5.91 Å². The molecular weight excluding hydrogens is 544 g/mol. The van der Waals surface area contributed by atoms with E-state index >= 15 is 0 Å². The highest BCUT2D eigenvalue weighted by Crippen LogP contribution is 2.24. The summed E-state index contributed by atoms with van der Waals surface area (Å²) in [5.41, 5.74) is 1.05. The van der Waals surface area contributed by atoms with Gasteiger partial charge in [0.2, 0.25) is 0 Å². The third-order valence-corrected chi connectivity index (χ3v) is 6.07. The molecule has 0 saturated heterocycles. The molecule has 0 fully saturated rings.